The van der Waals surface area contributed by atoms with E-state index in [1.54, 1.807) is 6.92 Å². The van der Waals surface area contributed by atoms with Gasteiger partial charge < -0.3 is 10.2 Å². The third-order valence-corrected chi connectivity index (χ3v) is 5.71. The third-order valence-electron chi connectivity index (χ3n) is 5.71. The van der Waals surface area contributed by atoms with Crippen LogP contribution in [0.4, 0.5) is 4.79 Å². The molecule has 3 aliphatic heterocycles. The molecule has 0 spiro atoms. The first-order chi connectivity index (χ1) is 11.5. The van der Waals surface area contributed by atoms with Crippen LogP contribution >= 0.6 is 0 Å². The Balaban J connectivity index is 1.58. The molecule has 0 unspecified atom stereocenters. The van der Waals surface area contributed by atoms with Gasteiger partial charge in [0.25, 0.3) is 5.91 Å². The van der Waals surface area contributed by atoms with E-state index < -0.39 is 11.6 Å². The molecule has 24 heavy (non-hydrogen) atoms. The maximum atomic E-state index is 12.6. The van der Waals surface area contributed by atoms with Crippen LogP contribution in [0.1, 0.15) is 45.4 Å². The summed E-state index contributed by atoms with van der Waals surface area (Å²) in [7, 11) is 0. The van der Waals surface area contributed by atoms with Crippen molar-refractivity contribution >= 4 is 17.8 Å². The summed E-state index contributed by atoms with van der Waals surface area (Å²) in [4.78, 5) is 40.3. The highest BCUT2D eigenvalue weighted by Crippen LogP contribution is 2.29. The topological polar surface area (TPSA) is 81.8 Å². The minimum absolute atomic E-state index is 0.0367. The van der Waals surface area contributed by atoms with Gasteiger partial charge in [-0.15, -0.1) is 0 Å². The highest BCUT2D eigenvalue weighted by Gasteiger charge is 2.49. The largest absolute Gasteiger partial charge is 0.342 e. The van der Waals surface area contributed by atoms with Crippen LogP contribution in [0, 0.1) is 5.92 Å². The van der Waals surface area contributed by atoms with Crippen LogP contribution in [-0.4, -0.2) is 65.9 Å². The molecule has 0 radical (unpaired) electrons. The first kappa shape index (κ1) is 17.2. The third kappa shape index (κ3) is 3.55. The van der Waals surface area contributed by atoms with E-state index in [9.17, 15) is 14.4 Å². The van der Waals surface area contributed by atoms with Gasteiger partial charge >= 0.3 is 6.03 Å². The standard InChI is InChI=1S/C17H28N4O3/c1-17(15(23)18-16(24)19-17)13-7-6-8-20(11-13)12-14(22)21-9-4-2-3-5-10-21/h13H,2-12H2,1H3,(H2,18,19,23,24)/t13-,17+/m0/s1. The summed E-state index contributed by atoms with van der Waals surface area (Å²) >= 11 is 0. The molecule has 3 rings (SSSR count). The molecule has 134 valence electrons. The summed E-state index contributed by atoms with van der Waals surface area (Å²) in [6.07, 6.45) is 6.44. The van der Waals surface area contributed by atoms with E-state index in [1.165, 1.54) is 12.8 Å². The van der Waals surface area contributed by atoms with Gasteiger partial charge in [0, 0.05) is 25.6 Å². The number of imide groups is 1. The number of rotatable bonds is 3. The van der Waals surface area contributed by atoms with Crippen LogP contribution in [0.3, 0.4) is 0 Å². The molecule has 0 aromatic heterocycles. The summed E-state index contributed by atoms with van der Waals surface area (Å²) in [6, 6.07) is -0.416. The molecule has 7 heteroatoms. The molecule has 3 saturated heterocycles. The van der Waals surface area contributed by atoms with E-state index in [-0.39, 0.29) is 17.7 Å². The lowest BCUT2D eigenvalue weighted by molar-refractivity contribution is -0.133. The molecule has 2 atom stereocenters. The minimum Gasteiger partial charge on any atom is -0.342 e. The number of carbonyl (C=O) groups excluding carboxylic acids is 3. The predicted molar refractivity (Wildman–Crippen MR) is 89.3 cm³/mol. The van der Waals surface area contributed by atoms with E-state index in [2.05, 4.69) is 15.5 Å². The van der Waals surface area contributed by atoms with Crippen molar-refractivity contribution in [1.82, 2.24) is 20.4 Å². The molecule has 0 aromatic rings. The highest BCUT2D eigenvalue weighted by atomic mass is 16.2. The molecule has 2 N–H and O–H groups in total. The number of hydrogen-bond donors (Lipinski definition) is 2. The number of hydrogen-bond acceptors (Lipinski definition) is 4. The van der Waals surface area contributed by atoms with Gasteiger partial charge in [0.15, 0.2) is 0 Å². The number of carbonyl (C=O) groups is 3. The lowest BCUT2D eigenvalue weighted by Crippen LogP contribution is -2.56. The van der Waals surface area contributed by atoms with Crippen LogP contribution in [-0.2, 0) is 9.59 Å². The van der Waals surface area contributed by atoms with Crippen molar-refractivity contribution in [3.8, 4) is 0 Å². The lowest BCUT2D eigenvalue weighted by atomic mass is 9.80. The van der Waals surface area contributed by atoms with Crippen LogP contribution in [0.2, 0.25) is 0 Å². The Labute approximate surface area is 143 Å². The monoisotopic (exact) mass is 336 g/mol. The van der Waals surface area contributed by atoms with E-state index in [0.717, 1.165) is 45.3 Å². The normalized spacial score (nSPS) is 32.2. The van der Waals surface area contributed by atoms with Crippen molar-refractivity contribution in [2.45, 2.75) is 51.0 Å². The van der Waals surface area contributed by atoms with Gasteiger partial charge in [-0.2, -0.15) is 0 Å². The van der Waals surface area contributed by atoms with E-state index in [1.807, 2.05) is 4.90 Å². The number of piperidine rings is 1. The number of urea groups is 1. The van der Waals surface area contributed by atoms with Crippen molar-refractivity contribution in [2.75, 3.05) is 32.7 Å². The SMILES string of the molecule is C[C@]1([C@H]2CCCN(CC(=O)N3CCCCCC3)C2)NC(=O)NC1=O. The van der Waals surface area contributed by atoms with Crippen molar-refractivity contribution < 1.29 is 14.4 Å². The van der Waals surface area contributed by atoms with E-state index in [0.29, 0.717) is 13.1 Å². The molecule has 3 aliphatic rings. The molecule has 0 aliphatic carbocycles. The van der Waals surface area contributed by atoms with E-state index in [4.69, 9.17) is 0 Å². The molecule has 3 heterocycles. The zero-order chi connectivity index (χ0) is 17.2. The molecule has 0 saturated carbocycles. The summed E-state index contributed by atoms with van der Waals surface area (Å²) in [5, 5.41) is 5.11. The van der Waals surface area contributed by atoms with Crippen molar-refractivity contribution in [3.63, 3.8) is 0 Å². The Kier molecular flexibility index (Phi) is 5.08. The number of likely N-dealkylation sites (tertiary alicyclic amines) is 2. The highest BCUT2D eigenvalue weighted by molar-refractivity contribution is 6.07. The molecule has 3 fully saturated rings. The summed E-state index contributed by atoms with van der Waals surface area (Å²) < 4.78 is 0. The first-order valence-corrected chi connectivity index (χ1v) is 9.13. The fourth-order valence-electron chi connectivity index (χ4n) is 4.13. The van der Waals surface area contributed by atoms with Crippen LogP contribution in [0.25, 0.3) is 0 Å². The van der Waals surface area contributed by atoms with Crippen LogP contribution in [0.15, 0.2) is 0 Å². The van der Waals surface area contributed by atoms with Crippen LogP contribution in [0.5, 0.6) is 0 Å². The smallest absolute Gasteiger partial charge is 0.322 e. The quantitative estimate of drug-likeness (QED) is 0.743. The first-order valence-electron chi connectivity index (χ1n) is 9.13. The predicted octanol–water partition coefficient (Wildman–Crippen LogP) is 0.699. The van der Waals surface area contributed by atoms with Gasteiger partial charge in [-0.05, 0) is 39.2 Å². The second kappa shape index (κ2) is 7.09. The Hall–Kier alpha value is -1.63. The maximum absolute atomic E-state index is 12.6. The summed E-state index contributed by atoms with van der Waals surface area (Å²) in [5.74, 6) is -0.0181. The van der Waals surface area contributed by atoms with Crippen molar-refractivity contribution in [1.29, 1.82) is 0 Å². The lowest BCUT2D eigenvalue weighted by Gasteiger charge is -2.39. The molecule has 0 bridgehead atoms. The second-order valence-electron chi connectivity index (χ2n) is 7.48. The van der Waals surface area contributed by atoms with Gasteiger partial charge in [0.05, 0.1) is 6.54 Å². The Morgan fingerprint density at radius 2 is 1.83 bits per heavy atom. The average molecular weight is 336 g/mol. The molecule has 7 nitrogen and oxygen atoms in total. The number of amides is 4. The zero-order valence-electron chi connectivity index (χ0n) is 14.5. The molecular formula is C17H28N4O3. The second-order valence-corrected chi connectivity index (χ2v) is 7.48. The van der Waals surface area contributed by atoms with Gasteiger partial charge in [-0.1, -0.05) is 12.8 Å². The van der Waals surface area contributed by atoms with Crippen LogP contribution < -0.4 is 10.6 Å². The summed E-state index contributed by atoms with van der Waals surface area (Å²) in [6.45, 7) is 5.49. The zero-order valence-corrected chi connectivity index (χ0v) is 14.5. The Morgan fingerprint density at radius 1 is 1.12 bits per heavy atom. The van der Waals surface area contributed by atoms with E-state index >= 15 is 0 Å². The molecule has 0 aromatic carbocycles. The Morgan fingerprint density at radius 3 is 2.46 bits per heavy atom. The van der Waals surface area contributed by atoms with Gasteiger partial charge in [0.2, 0.25) is 5.91 Å². The van der Waals surface area contributed by atoms with Crippen molar-refractivity contribution in [3.05, 3.63) is 0 Å². The fraction of sp³-hybridized carbons (Fsp3) is 0.824. The van der Waals surface area contributed by atoms with Gasteiger partial charge in [-0.3, -0.25) is 19.8 Å². The number of nitrogens with one attached hydrogen (secondary N) is 2. The average Bonchev–Trinajstić information content (AvgIpc) is 2.75. The van der Waals surface area contributed by atoms with Crippen molar-refractivity contribution in [2.24, 2.45) is 5.92 Å². The Bertz CT molecular complexity index is 516. The van der Waals surface area contributed by atoms with Gasteiger partial charge in [0.1, 0.15) is 5.54 Å². The maximum Gasteiger partial charge on any atom is 0.322 e. The summed E-state index contributed by atoms with van der Waals surface area (Å²) in [5.41, 5.74) is -0.860. The minimum atomic E-state index is -0.860. The molecule has 4 amide bonds. The fourth-order valence-corrected chi connectivity index (χ4v) is 4.13. The molecular weight excluding hydrogens is 308 g/mol. The number of nitrogens with zero attached hydrogens (tertiary/aromatic N) is 2. The van der Waals surface area contributed by atoms with Gasteiger partial charge in [-0.25, -0.2) is 4.79 Å².